The lowest BCUT2D eigenvalue weighted by molar-refractivity contribution is 0.335. The fraction of sp³-hybridized carbons (Fsp3) is 0. The van der Waals surface area contributed by atoms with Crippen molar-refractivity contribution in [1.29, 1.82) is 0 Å². The quantitative estimate of drug-likeness (QED) is 0.475. The van der Waals surface area contributed by atoms with Crippen LogP contribution in [-0.2, 0) is 11.0 Å². The van der Waals surface area contributed by atoms with Crippen LogP contribution in [-0.4, -0.2) is 9.19 Å². The van der Waals surface area contributed by atoms with Gasteiger partial charge in [0.25, 0.3) is 0 Å². The molecule has 140 valence electrons. The highest BCUT2D eigenvalue weighted by Gasteiger charge is 2.18. The largest absolute Gasteiger partial charge is 0.411 e. The number of aromatic nitrogens is 1. The molecule has 2 N–H and O–H groups in total. The summed E-state index contributed by atoms with van der Waals surface area (Å²) >= 11 is 6.01. The maximum absolute atomic E-state index is 11.4. The van der Waals surface area contributed by atoms with Crippen LogP contribution in [0.3, 0.4) is 0 Å². The van der Waals surface area contributed by atoms with Crippen molar-refractivity contribution >= 4 is 22.6 Å². The van der Waals surface area contributed by atoms with E-state index in [9.17, 15) is 4.21 Å². The molecule has 0 bridgehead atoms. The van der Waals surface area contributed by atoms with Gasteiger partial charge in [0.2, 0.25) is 0 Å². The van der Waals surface area contributed by atoms with Crippen LogP contribution in [0.5, 0.6) is 11.8 Å². The summed E-state index contributed by atoms with van der Waals surface area (Å²) in [6.07, 6.45) is 0.0996. The van der Waals surface area contributed by atoms with Gasteiger partial charge in [0.15, 0.2) is 5.76 Å². The Kier molecular flexibility index (Phi) is 5.25. The van der Waals surface area contributed by atoms with Gasteiger partial charge < -0.3 is 9.15 Å². The molecule has 0 aliphatic heterocycles. The Morgan fingerprint density at radius 2 is 1.68 bits per heavy atom. The third-order valence-corrected chi connectivity index (χ3v) is 4.98. The Labute approximate surface area is 169 Å². The molecule has 1 aromatic heterocycles. The molecule has 28 heavy (non-hydrogen) atoms. The molecule has 0 radical (unpaired) electrons. The Morgan fingerprint density at radius 1 is 0.929 bits per heavy atom. The molecule has 0 fully saturated rings. The van der Waals surface area contributed by atoms with Crippen LogP contribution < -0.4 is 9.88 Å². The van der Waals surface area contributed by atoms with Gasteiger partial charge in [0.05, 0.1) is 4.90 Å². The number of nitrogens with two attached hydrogens (primary N) is 1. The summed E-state index contributed by atoms with van der Waals surface area (Å²) < 4.78 is 23.1. The molecule has 1 unspecified atom stereocenters. The van der Waals surface area contributed by atoms with Gasteiger partial charge in [0, 0.05) is 16.1 Å². The maximum Gasteiger partial charge on any atom is 0.400 e. The molecule has 4 rings (SSSR count). The standard InChI is InChI=1S/C21H15ClN2O3S/c22-16-7-4-8-17(13-16)26-21-24-19(14-5-2-1-3-6-14)20(27-21)15-9-11-18(12-10-15)28(23)25/h1-13H,23H2. The molecule has 0 amide bonds. The molecular formula is C21H15ClN2O3S. The van der Waals surface area contributed by atoms with Gasteiger partial charge in [-0.15, -0.1) is 0 Å². The van der Waals surface area contributed by atoms with Crippen LogP contribution >= 0.6 is 11.6 Å². The van der Waals surface area contributed by atoms with Gasteiger partial charge >= 0.3 is 6.08 Å². The molecule has 0 saturated carbocycles. The highest BCUT2D eigenvalue weighted by Crippen LogP contribution is 2.37. The lowest BCUT2D eigenvalue weighted by atomic mass is 10.1. The molecule has 1 heterocycles. The first-order chi connectivity index (χ1) is 13.6. The van der Waals surface area contributed by atoms with Crippen molar-refractivity contribution in [3.8, 4) is 34.4 Å². The molecule has 4 aromatic rings. The number of oxazole rings is 1. The first kappa shape index (κ1) is 18.4. The average Bonchev–Trinajstić information content (AvgIpc) is 3.12. The molecule has 5 nitrogen and oxygen atoms in total. The van der Waals surface area contributed by atoms with Crippen LogP contribution in [0.4, 0.5) is 0 Å². The smallest absolute Gasteiger partial charge is 0.400 e. The number of benzene rings is 3. The SMILES string of the molecule is NS(=O)c1ccc(-c2oc(Oc3cccc(Cl)c3)nc2-c2ccccc2)cc1. The topological polar surface area (TPSA) is 78.4 Å². The minimum absolute atomic E-state index is 0.0996. The number of hydrogen-bond donors (Lipinski definition) is 1. The van der Waals surface area contributed by atoms with E-state index in [4.69, 9.17) is 25.9 Å². The van der Waals surface area contributed by atoms with Crippen LogP contribution in [0.1, 0.15) is 0 Å². The second-order valence-electron chi connectivity index (χ2n) is 5.90. The van der Waals surface area contributed by atoms with Gasteiger partial charge in [-0.25, -0.2) is 9.35 Å². The number of nitrogens with zero attached hydrogens (tertiary/aromatic N) is 1. The van der Waals surface area contributed by atoms with E-state index in [1.807, 2.05) is 30.3 Å². The van der Waals surface area contributed by atoms with E-state index in [1.165, 1.54) is 0 Å². The highest BCUT2D eigenvalue weighted by atomic mass is 35.5. The Bertz CT molecular complexity index is 1130. The Morgan fingerprint density at radius 3 is 2.36 bits per heavy atom. The maximum atomic E-state index is 11.4. The van der Waals surface area contributed by atoms with Gasteiger partial charge in [-0.05, 0) is 42.5 Å². The average molecular weight is 411 g/mol. The summed E-state index contributed by atoms with van der Waals surface area (Å²) in [7, 11) is -1.54. The molecule has 0 saturated heterocycles. The third-order valence-electron chi connectivity index (χ3n) is 4.00. The van der Waals surface area contributed by atoms with Crippen molar-refractivity contribution in [2.75, 3.05) is 0 Å². The van der Waals surface area contributed by atoms with E-state index in [0.29, 0.717) is 27.1 Å². The Hall–Kier alpha value is -2.93. The predicted octanol–water partition coefficient (Wildman–Crippen LogP) is 5.44. The highest BCUT2D eigenvalue weighted by molar-refractivity contribution is 7.82. The second kappa shape index (κ2) is 7.98. The summed E-state index contributed by atoms with van der Waals surface area (Å²) in [6.45, 7) is 0. The monoisotopic (exact) mass is 410 g/mol. The number of hydrogen-bond acceptors (Lipinski definition) is 4. The van der Waals surface area contributed by atoms with E-state index < -0.39 is 11.0 Å². The zero-order chi connectivity index (χ0) is 19.5. The van der Waals surface area contributed by atoms with Crippen LogP contribution in [0, 0.1) is 0 Å². The van der Waals surface area contributed by atoms with Crippen LogP contribution in [0.15, 0.2) is 88.2 Å². The normalized spacial score (nSPS) is 11.9. The minimum atomic E-state index is -1.54. The Balaban J connectivity index is 1.77. The van der Waals surface area contributed by atoms with Crippen molar-refractivity contribution in [3.63, 3.8) is 0 Å². The summed E-state index contributed by atoms with van der Waals surface area (Å²) in [5.74, 6) is 1.06. The first-order valence-electron chi connectivity index (χ1n) is 8.36. The summed E-state index contributed by atoms with van der Waals surface area (Å²) in [4.78, 5) is 5.05. The van der Waals surface area contributed by atoms with Crippen molar-refractivity contribution in [2.45, 2.75) is 4.90 Å². The van der Waals surface area contributed by atoms with Crippen molar-refractivity contribution in [1.82, 2.24) is 4.98 Å². The predicted molar refractivity (Wildman–Crippen MR) is 109 cm³/mol. The van der Waals surface area contributed by atoms with Crippen LogP contribution in [0.25, 0.3) is 22.6 Å². The zero-order valence-corrected chi connectivity index (χ0v) is 16.1. The summed E-state index contributed by atoms with van der Waals surface area (Å²) in [6, 6.07) is 23.6. The summed E-state index contributed by atoms with van der Waals surface area (Å²) in [5.41, 5.74) is 2.29. The molecular weight excluding hydrogens is 396 g/mol. The van der Waals surface area contributed by atoms with E-state index >= 15 is 0 Å². The minimum Gasteiger partial charge on any atom is -0.411 e. The first-order valence-corrected chi connectivity index (χ1v) is 9.95. The third kappa shape index (κ3) is 3.99. The van der Waals surface area contributed by atoms with Crippen molar-refractivity contribution < 1.29 is 13.4 Å². The lowest BCUT2D eigenvalue weighted by Crippen LogP contribution is -2.01. The molecule has 7 heteroatoms. The number of rotatable bonds is 5. The molecule has 0 spiro atoms. The van der Waals surface area contributed by atoms with Gasteiger partial charge in [-0.3, -0.25) is 0 Å². The number of ether oxygens (including phenoxy) is 1. The van der Waals surface area contributed by atoms with Gasteiger partial charge in [-0.2, -0.15) is 4.98 Å². The fourth-order valence-corrected chi connectivity index (χ4v) is 3.29. The molecule has 0 aliphatic carbocycles. The summed E-state index contributed by atoms with van der Waals surface area (Å²) in [5, 5.41) is 5.98. The van der Waals surface area contributed by atoms with E-state index in [-0.39, 0.29) is 6.08 Å². The number of halogens is 1. The van der Waals surface area contributed by atoms with E-state index in [1.54, 1.807) is 48.5 Å². The van der Waals surface area contributed by atoms with Gasteiger partial charge in [-0.1, -0.05) is 48.0 Å². The van der Waals surface area contributed by atoms with Crippen molar-refractivity contribution in [2.24, 2.45) is 5.14 Å². The molecule has 1 atom stereocenters. The molecule has 3 aromatic carbocycles. The van der Waals surface area contributed by atoms with E-state index in [0.717, 1.165) is 11.1 Å². The van der Waals surface area contributed by atoms with Crippen molar-refractivity contribution in [3.05, 3.63) is 83.9 Å². The van der Waals surface area contributed by atoms with Crippen LogP contribution in [0.2, 0.25) is 5.02 Å². The lowest BCUT2D eigenvalue weighted by Gasteiger charge is -2.02. The fourth-order valence-electron chi connectivity index (χ4n) is 2.70. The molecule has 0 aliphatic rings. The van der Waals surface area contributed by atoms with E-state index in [2.05, 4.69) is 4.98 Å². The van der Waals surface area contributed by atoms with Gasteiger partial charge in [0.1, 0.15) is 22.4 Å². The second-order valence-corrected chi connectivity index (χ2v) is 7.41. The zero-order valence-electron chi connectivity index (χ0n) is 14.5.